The molecule has 0 saturated carbocycles. The lowest BCUT2D eigenvalue weighted by molar-refractivity contribution is 0.512. The van der Waals surface area contributed by atoms with E-state index >= 15 is 0 Å². The molecule has 0 atom stereocenters. The minimum Gasteiger partial charge on any atom is -0.328 e. The molecule has 0 bridgehead atoms. The van der Waals surface area contributed by atoms with E-state index in [9.17, 15) is 13.6 Å². The van der Waals surface area contributed by atoms with E-state index in [2.05, 4.69) is 20.9 Å². The molecular weight excluding hydrogens is 256 g/mol. The molecule has 0 aliphatic rings. The van der Waals surface area contributed by atoms with Crippen molar-refractivity contribution in [3.05, 3.63) is 44.8 Å². The minimum absolute atomic E-state index is 0.00750. The van der Waals surface area contributed by atoms with Crippen LogP contribution in [0.3, 0.4) is 0 Å². The van der Waals surface area contributed by atoms with E-state index in [1.165, 1.54) is 18.3 Å². The molecule has 72 valence electrons. The summed E-state index contributed by atoms with van der Waals surface area (Å²) in [4.78, 5) is 13.5. The summed E-state index contributed by atoms with van der Waals surface area (Å²) in [6, 6.07) is 2.87. The van der Waals surface area contributed by atoms with Gasteiger partial charge in [-0.2, -0.15) is 0 Å². The highest BCUT2D eigenvalue weighted by molar-refractivity contribution is 9.10. The number of aromatic amines is 1. The van der Waals surface area contributed by atoms with Crippen molar-refractivity contribution < 1.29 is 8.78 Å². The Kier molecular flexibility index (Phi) is 2.11. The third kappa shape index (κ3) is 1.24. The first-order valence-electron chi connectivity index (χ1n) is 3.76. The first-order chi connectivity index (χ1) is 6.61. The van der Waals surface area contributed by atoms with Crippen LogP contribution in [-0.2, 0) is 0 Å². The van der Waals surface area contributed by atoms with E-state index < -0.39 is 17.2 Å². The molecule has 0 aliphatic heterocycles. The van der Waals surface area contributed by atoms with Crippen molar-refractivity contribution in [3.8, 4) is 0 Å². The highest BCUT2D eigenvalue weighted by Gasteiger charge is 2.13. The third-order valence-corrected chi connectivity index (χ3v) is 2.47. The summed E-state index contributed by atoms with van der Waals surface area (Å²) in [6.45, 7) is 0. The monoisotopic (exact) mass is 259 g/mol. The molecule has 5 heteroatoms. The number of hydrogen-bond acceptors (Lipinski definition) is 1. The Bertz CT molecular complexity index is 564. The van der Waals surface area contributed by atoms with E-state index in [0.29, 0.717) is 5.39 Å². The molecule has 1 aromatic carbocycles. The Balaban J connectivity index is 3.07. The van der Waals surface area contributed by atoms with Crippen LogP contribution in [-0.4, -0.2) is 4.98 Å². The molecule has 14 heavy (non-hydrogen) atoms. The first-order valence-corrected chi connectivity index (χ1v) is 4.55. The molecular formula is C9H4BrF2NO. The van der Waals surface area contributed by atoms with Gasteiger partial charge >= 0.3 is 0 Å². The van der Waals surface area contributed by atoms with E-state index in [1.807, 2.05) is 0 Å². The number of H-pyrrole nitrogens is 1. The number of halogens is 3. The van der Waals surface area contributed by atoms with E-state index in [4.69, 9.17) is 0 Å². The van der Waals surface area contributed by atoms with Gasteiger partial charge in [0.05, 0.1) is 9.86 Å². The molecule has 2 nitrogen and oxygen atoms in total. The number of rotatable bonds is 0. The van der Waals surface area contributed by atoms with Gasteiger partial charge in [0, 0.05) is 6.20 Å². The Morgan fingerprint density at radius 2 is 2.00 bits per heavy atom. The minimum atomic E-state index is -1.13. The largest absolute Gasteiger partial charge is 0.328 e. The van der Waals surface area contributed by atoms with Gasteiger partial charge in [-0.1, -0.05) is 0 Å². The molecule has 0 aliphatic carbocycles. The van der Waals surface area contributed by atoms with E-state index in [0.717, 1.165) is 0 Å². The normalized spacial score (nSPS) is 10.8. The predicted molar refractivity (Wildman–Crippen MR) is 52.2 cm³/mol. The Morgan fingerprint density at radius 3 is 2.71 bits per heavy atom. The van der Waals surface area contributed by atoms with Crippen molar-refractivity contribution in [2.45, 2.75) is 0 Å². The first kappa shape index (κ1) is 9.33. The summed E-state index contributed by atoms with van der Waals surface area (Å²) >= 11 is 2.86. The number of aromatic nitrogens is 1. The van der Waals surface area contributed by atoms with Crippen LogP contribution in [0.5, 0.6) is 0 Å². The van der Waals surface area contributed by atoms with Crippen molar-refractivity contribution in [2.75, 3.05) is 0 Å². The number of pyridine rings is 1. The molecule has 0 fully saturated rings. The quantitative estimate of drug-likeness (QED) is 0.725. The topological polar surface area (TPSA) is 32.9 Å². The van der Waals surface area contributed by atoms with Gasteiger partial charge in [0.2, 0.25) is 0 Å². The van der Waals surface area contributed by atoms with Crippen molar-refractivity contribution >= 4 is 26.7 Å². The smallest absolute Gasteiger partial charge is 0.258 e. The van der Waals surface area contributed by atoms with Gasteiger partial charge in [-0.05, 0) is 33.4 Å². The van der Waals surface area contributed by atoms with Gasteiger partial charge in [-0.3, -0.25) is 4.79 Å². The number of benzene rings is 1. The fourth-order valence-electron chi connectivity index (χ4n) is 1.25. The van der Waals surface area contributed by atoms with Gasteiger partial charge < -0.3 is 4.98 Å². The highest BCUT2D eigenvalue weighted by Crippen LogP contribution is 2.24. The van der Waals surface area contributed by atoms with Gasteiger partial charge in [0.1, 0.15) is 0 Å². The van der Waals surface area contributed by atoms with Crippen LogP contribution in [0.15, 0.2) is 27.6 Å². The van der Waals surface area contributed by atoms with Gasteiger partial charge in [-0.25, -0.2) is 8.78 Å². The van der Waals surface area contributed by atoms with E-state index in [-0.39, 0.29) is 9.86 Å². The molecule has 2 aromatic rings. The molecule has 1 N–H and O–H groups in total. The summed E-state index contributed by atoms with van der Waals surface area (Å²) in [7, 11) is 0. The lowest BCUT2D eigenvalue weighted by Gasteiger charge is -2.01. The molecule has 1 heterocycles. The fraction of sp³-hybridized carbons (Fsp3) is 0. The third-order valence-electron chi connectivity index (χ3n) is 1.90. The predicted octanol–water partition coefficient (Wildman–Crippen LogP) is 2.57. The molecule has 0 spiro atoms. The summed E-state index contributed by atoms with van der Waals surface area (Å²) in [5, 5.41) is 0.104. The fourth-order valence-corrected chi connectivity index (χ4v) is 1.68. The van der Waals surface area contributed by atoms with Gasteiger partial charge in [-0.15, -0.1) is 0 Å². The van der Waals surface area contributed by atoms with Crippen LogP contribution in [0, 0.1) is 11.6 Å². The van der Waals surface area contributed by atoms with Crippen molar-refractivity contribution in [3.63, 3.8) is 0 Å². The Hall–Kier alpha value is -1.23. The number of nitrogens with one attached hydrogen (secondary N) is 1. The Morgan fingerprint density at radius 1 is 1.29 bits per heavy atom. The second kappa shape index (κ2) is 3.16. The zero-order chi connectivity index (χ0) is 10.3. The Labute approximate surface area is 85.7 Å². The van der Waals surface area contributed by atoms with Crippen LogP contribution in [0.1, 0.15) is 0 Å². The maximum atomic E-state index is 13.3. The zero-order valence-electron chi connectivity index (χ0n) is 6.77. The highest BCUT2D eigenvalue weighted by atomic mass is 79.9. The molecule has 0 amide bonds. The van der Waals surface area contributed by atoms with Crippen molar-refractivity contribution in [1.82, 2.24) is 4.98 Å². The summed E-state index contributed by atoms with van der Waals surface area (Å²) in [5.74, 6) is -2.18. The lowest BCUT2D eigenvalue weighted by atomic mass is 10.1. The maximum Gasteiger partial charge on any atom is 0.258 e. The molecule has 0 radical (unpaired) electrons. The second-order valence-electron chi connectivity index (χ2n) is 2.76. The number of hydrogen-bond donors (Lipinski definition) is 1. The summed E-state index contributed by atoms with van der Waals surface area (Å²) < 4.78 is 26.4. The number of fused-ring (bicyclic) bond motifs is 1. The maximum absolute atomic E-state index is 13.3. The zero-order valence-corrected chi connectivity index (χ0v) is 8.36. The van der Waals surface area contributed by atoms with Crippen molar-refractivity contribution in [2.24, 2.45) is 0 Å². The van der Waals surface area contributed by atoms with Crippen LogP contribution in [0.2, 0.25) is 0 Å². The second-order valence-corrected chi connectivity index (χ2v) is 3.61. The summed E-state index contributed by atoms with van der Waals surface area (Å²) in [5.41, 5.74) is -0.633. The van der Waals surface area contributed by atoms with Crippen LogP contribution < -0.4 is 5.56 Å². The SMILES string of the molecule is O=c1[nH]ccc2cc(Br)c(F)c(F)c12. The standard InChI is InChI=1S/C9H4BrF2NO/c10-5-3-4-1-2-13-9(14)6(4)8(12)7(5)11/h1-3H,(H,13,14). The van der Waals surface area contributed by atoms with Crippen LogP contribution in [0.25, 0.3) is 10.8 Å². The molecule has 0 saturated heterocycles. The molecule has 1 aromatic heterocycles. The average molecular weight is 260 g/mol. The van der Waals surface area contributed by atoms with E-state index in [1.54, 1.807) is 0 Å². The van der Waals surface area contributed by atoms with Crippen LogP contribution in [0.4, 0.5) is 8.78 Å². The lowest BCUT2D eigenvalue weighted by Crippen LogP contribution is -2.07. The molecule has 0 unspecified atom stereocenters. The summed E-state index contributed by atoms with van der Waals surface area (Å²) in [6.07, 6.45) is 1.38. The average Bonchev–Trinajstić information content (AvgIpc) is 2.14. The van der Waals surface area contributed by atoms with Crippen molar-refractivity contribution in [1.29, 1.82) is 0 Å². The van der Waals surface area contributed by atoms with Gasteiger partial charge in [0.25, 0.3) is 5.56 Å². The van der Waals surface area contributed by atoms with Gasteiger partial charge in [0.15, 0.2) is 11.6 Å². The molecule has 2 rings (SSSR count). The van der Waals surface area contributed by atoms with Crippen LogP contribution >= 0.6 is 15.9 Å².